The molecular weight excluding hydrogens is 456 g/mol. The summed E-state index contributed by atoms with van der Waals surface area (Å²) in [6, 6.07) is 20.7. The molecule has 0 fully saturated rings. The fraction of sp³-hybridized carbons (Fsp3) is 0.250. The molecule has 0 spiro atoms. The third-order valence-corrected chi connectivity index (χ3v) is 6.76. The van der Waals surface area contributed by atoms with Crippen LogP contribution in [-0.2, 0) is 24.4 Å². The smallest absolute Gasteiger partial charge is 0.273 e. The zero-order chi connectivity index (χ0) is 25.3. The molecule has 1 atom stereocenters. The van der Waals surface area contributed by atoms with Crippen molar-refractivity contribution < 1.29 is 18.7 Å². The number of amides is 2. The number of furan rings is 1. The van der Waals surface area contributed by atoms with Crippen molar-refractivity contribution in [2.75, 3.05) is 7.11 Å². The molecule has 0 unspecified atom stereocenters. The summed E-state index contributed by atoms with van der Waals surface area (Å²) in [5, 5.41) is 7.65. The number of hydrogen-bond donors (Lipinski definition) is 1. The van der Waals surface area contributed by atoms with Gasteiger partial charge in [-0.15, -0.1) is 0 Å². The minimum atomic E-state index is -1.17. The Morgan fingerprint density at radius 2 is 1.92 bits per heavy atom. The molecule has 5 rings (SSSR count). The summed E-state index contributed by atoms with van der Waals surface area (Å²) in [5.74, 6) is 0.782. The van der Waals surface area contributed by atoms with E-state index in [9.17, 15) is 9.59 Å². The number of nitrogens with zero attached hydrogens (tertiary/aromatic N) is 3. The van der Waals surface area contributed by atoms with Gasteiger partial charge in [0, 0.05) is 19.2 Å². The average Bonchev–Trinajstić information content (AvgIpc) is 3.56. The number of aromatic nitrogens is 2. The molecule has 8 heteroatoms. The van der Waals surface area contributed by atoms with Gasteiger partial charge in [0.1, 0.15) is 22.7 Å². The Hall–Kier alpha value is -4.33. The molecule has 0 aliphatic carbocycles. The zero-order valence-corrected chi connectivity index (χ0v) is 20.5. The van der Waals surface area contributed by atoms with Crippen molar-refractivity contribution in [3.63, 3.8) is 0 Å². The minimum absolute atomic E-state index is 0.213. The molecule has 0 radical (unpaired) electrons. The van der Waals surface area contributed by atoms with Crippen molar-refractivity contribution in [3.8, 4) is 17.2 Å². The highest BCUT2D eigenvalue weighted by Crippen LogP contribution is 2.32. The lowest BCUT2D eigenvalue weighted by atomic mass is 9.93. The van der Waals surface area contributed by atoms with Gasteiger partial charge in [-0.1, -0.05) is 36.4 Å². The molecule has 1 aliphatic rings. The second kappa shape index (κ2) is 9.37. The number of aryl methyl sites for hydroxylation is 1. The van der Waals surface area contributed by atoms with E-state index < -0.39 is 5.54 Å². The summed E-state index contributed by atoms with van der Waals surface area (Å²) in [6.45, 7) is 4.65. The quantitative estimate of drug-likeness (QED) is 0.425. The maximum absolute atomic E-state index is 13.8. The first-order chi connectivity index (χ1) is 17.4. The van der Waals surface area contributed by atoms with Gasteiger partial charge in [-0.2, -0.15) is 5.10 Å². The first-order valence-corrected chi connectivity index (χ1v) is 11.8. The van der Waals surface area contributed by atoms with Crippen LogP contribution in [-0.4, -0.2) is 39.1 Å². The van der Waals surface area contributed by atoms with E-state index in [1.807, 2.05) is 55.5 Å². The van der Waals surface area contributed by atoms with E-state index in [1.165, 1.54) is 0 Å². The van der Waals surface area contributed by atoms with Crippen molar-refractivity contribution in [2.45, 2.75) is 39.0 Å². The Morgan fingerprint density at radius 1 is 1.14 bits per heavy atom. The van der Waals surface area contributed by atoms with Gasteiger partial charge in [-0.3, -0.25) is 14.3 Å². The molecule has 1 N–H and O–H groups in total. The molecular formula is C28H28N4O4. The number of benzene rings is 2. The van der Waals surface area contributed by atoms with E-state index in [4.69, 9.17) is 9.15 Å². The Bertz CT molecular complexity index is 1390. The van der Waals surface area contributed by atoms with Crippen LogP contribution < -0.4 is 10.1 Å². The second-order valence-electron chi connectivity index (χ2n) is 9.17. The van der Waals surface area contributed by atoms with E-state index in [0.717, 1.165) is 22.4 Å². The molecule has 0 saturated heterocycles. The van der Waals surface area contributed by atoms with Gasteiger partial charge in [0.2, 0.25) is 5.91 Å². The van der Waals surface area contributed by atoms with Crippen LogP contribution in [0.4, 0.5) is 0 Å². The van der Waals surface area contributed by atoms with Gasteiger partial charge in [0.25, 0.3) is 5.91 Å². The number of carbonyl (C=O) groups excluding carboxylic acids is 2. The number of ether oxygens (including phenoxy) is 1. The number of fused-ring (bicyclic) bond motifs is 1. The molecule has 2 amide bonds. The third kappa shape index (κ3) is 4.26. The van der Waals surface area contributed by atoms with Crippen LogP contribution in [0.2, 0.25) is 0 Å². The van der Waals surface area contributed by atoms with Crippen molar-refractivity contribution >= 4 is 11.8 Å². The maximum atomic E-state index is 13.8. The predicted octanol–water partition coefficient (Wildman–Crippen LogP) is 4.19. The average molecular weight is 485 g/mol. The Morgan fingerprint density at radius 3 is 2.61 bits per heavy atom. The number of nitrogens with one attached hydrogen (secondary N) is 1. The first kappa shape index (κ1) is 23.4. The second-order valence-corrected chi connectivity index (χ2v) is 9.17. The summed E-state index contributed by atoms with van der Waals surface area (Å²) in [6.07, 6.45) is 1.56. The van der Waals surface area contributed by atoms with Crippen molar-refractivity contribution in [3.05, 3.63) is 95.4 Å². The van der Waals surface area contributed by atoms with Crippen LogP contribution >= 0.6 is 0 Å². The van der Waals surface area contributed by atoms with Crippen LogP contribution in [0, 0.1) is 6.92 Å². The van der Waals surface area contributed by atoms with Gasteiger partial charge < -0.3 is 19.4 Å². The normalized spacial score (nSPS) is 17.1. The van der Waals surface area contributed by atoms with Crippen LogP contribution in [0.1, 0.15) is 34.1 Å². The van der Waals surface area contributed by atoms with Gasteiger partial charge in [-0.05, 0) is 54.8 Å². The Kier molecular flexibility index (Phi) is 6.10. The van der Waals surface area contributed by atoms with Gasteiger partial charge in [0.05, 0.1) is 19.9 Å². The topological polar surface area (TPSA) is 89.6 Å². The first-order valence-electron chi connectivity index (χ1n) is 11.8. The molecule has 2 aromatic carbocycles. The lowest BCUT2D eigenvalue weighted by Gasteiger charge is -2.43. The predicted molar refractivity (Wildman–Crippen MR) is 134 cm³/mol. The monoisotopic (exact) mass is 484 g/mol. The molecule has 0 saturated carbocycles. The van der Waals surface area contributed by atoms with E-state index in [-0.39, 0.29) is 24.9 Å². The highest BCUT2D eigenvalue weighted by molar-refractivity contribution is 6.00. The molecule has 8 nitrogen and oxygen atoms in total. The summed E-state index contributed by atoms with van der Waals surface area (Å²) in [5.41, 5.74) is 2.81. The molecule has 1 aliphatic heterocycles. The van der Waals surface area contributed by atoms with Crippen LogP contribution in [0.3, 0.4) is 0 Å². The van der Waals surface area contributed by atoms with Gasteiger partial charge >= 0.3 is 0 Å². The largest absolute Gasteiger partial charge is 0.497 e. The van der Waals surface area contributed by atoms with Crippen LogP contribution in [0.25, 0.3) is 11.5 Å². The van der Waals surface area contributed by atoms with E-state index in [1.54, 1.807) is 48.1 Å². The standard InChI is InChI=1S/C28H28N4O4/c1-19-7-4-5-8-21(19)16-29-27(34)28(2)18-32-24(15-23(30-32)25-9-6-14-36-25)26(33)31(28)17-20-10-12-22(35-3)13-11-20/h4-15H,16-18H2,1-3H3,(H,29,34)/t28-/m1/s1. The molecule has 4 aromatic rings. The van der Waals surface area contributed by atoms with Crippen molar-refractivity contribution in [1.29, 1.82) is 0 Å². The number of carbonyl (C=O) groups is 2. The minimum Gasteiger partial charge on any atom is -0.497 e. The highest BCUT2D eigenvalue weighted by Gasteiger charge is 2.48. The van der Waals surface area contributed by atoms with Gasteiger partial charge in [0.15, 0.2) is 5.76 Å². The van der Waals surface area contributed by atoms with Crippen LogP contribution in [0.15, 0.2) is 77.4 Å². The fourth-order valence-electron chi connectivity index (χ4n) is 4.52. The van der Waals surface area contributed by atoms with E-state index >= 15 is 0 Å². The summed E-state index contributed by atoms with van der Waals surface area (Å²) in [7, 11) is 1.61. The van der Waals surface area contributed by atoms with Gasteiger partial charge in [-0.25, -0.2) is 0 Å². The van der Waals surface area contributed by atoms with E-state index in [2.05, 4.69) is 10.4 Å². The number of hydrogen-bond acceptors (Lipinski definition) is 5. The molecule has 2 aromatic heterocycles. The summed E-state index contributed by atoms with van der Waals surface area (Å²) >= 11 is 0. The zero-order valence-electron chi connectivity index (χ0n) is 20.5. The van der Waals surface area contributed by atoms with Crippen LogP contribution in [0.5, 0.6) is 5.75 Å². The molecule has 36 heavy (non-hydrogen) atoms. The van der Waals surface area contributed by atoms with Crippen molar-refractivity contribution in [2.24, 2.45) is 0 Å². The molecule has 0 bridgehead atoms. The third-order valence-electron chi connectivity index (χ3n) is 6.76. The summed E-state index contributed by atoms with van der Waals surface area (Å²) < 4.78 is 12.4. The fourth-order valence-corrected chi connectivity index (χ4v) is 4.52. The number of methoxy groups -OCH3 is 1. The molecule has 184 valence electrons. The highest BCUT2D eigenvalue weighted by atomic mass is 16.5. The van der Waals surface area contributed by atoms with Crippen molar-refractivity contribution in [1.82, 2.24) is 20.0 Å². The summed E-state index contributed by atoms with van der Waals surface area (Å²) in [4.78, 5) is 29.1. The number of rotatable bonds is 7. The maximum Gasteiger partial charge on any atom is 0.273 e. The Labute approximate surface area is 209 Å². The lowest BCUT2D eigenvalue weighted by molar-refractivity contribution is -0.133. The SMILES string of the molecule is COc1ccc(CN2C(=O)c3cc(-c4ccco4)nn3C[C@]2(C)C(=O)NCc2ccccc2C)cc1. The molecule has 3 heterocycles. The van der Waals surface area contributed by atoms with E-state index in [0.29, 0.717) is 23.7 Å². The lowest BCUT2D eigenvalue weighted by Crippen LogP contribution is -2.63. The Balaban J connectivity index is 1.48.